The van der Waals surface area contributed by atoms with Crippen molar-refractivity contribution in [1.29, 1.82) is 0 Å². The van der Waals surface area contributed by atoms with E-state index in [0.717, 1.165) is 19.6 Å². The fourth-order valence-electron chi connectivity index (χ4n) is 3.43. The van der Waals surface area contributed by atoms with Gasteiger partial charge in [0.05, 0.1) is 24.7 Å². The van der Waals surface area contributed by atoms with Crippen LogP contribution < -0.4 is 5.32 Å². The van der Waals surface area contributed by atoms with E-state index in [4.69, 9.17) is 4.74 Å². The van der Waals surface area contributed by atoms with Crippen molar-refractivity contribution < 1.29 is 4.74 Å². The molecule has 21 heavy (non-hydrogen) atoms. The molecule has 0 saturated carbocycles. The van der Waals surface area contributed by atoms with Crippen molar-refractivity contribution in [2.45, 2.75) is 38.3 Å². The second kappa shape index (κ2) is 7.92. The van der Waals surface area contributed by atoms with E-state index in [1.54, 1.807) is 7.11 Å². The first-order valence-corrected chi connectivity index (χ1v) is 8.06. The van der Waals surface area contributed by atoms with Crippen molar-refractivity contribution in [3.63, 3.8) is 0 Å². The maximum atomic E-state index is 5.29. The average molecular weight is 294 g/mol. The number of aromatic nitrogens is 2. The van der Waals surface area contributed by atoms with Gasteiger partial charge in [-0.25, -0.2) is 4.98 Å². The van der Waals surface area contributed by atoms with Gasteiger partial charge in [0.1, 0.15) is 0 Å². The lowest BCUT2D eigenvalue weighted by molar-refractivity contribution is 0.104. The molecular weight excluding hydrogens is 264 g/mol. The lowest BCUT2D eigenvalue weighted by Crippen LogP contribution is -2.44. The number of methoxy groups -OCH3 is 1. The summed E-state index contributed by atoms with van der Waals surface area (Å²) in [6.45, 7) is 5.21. The summed E-state index contributed by atoms with van der Waals surface area (Å²) in [4.78, 5) is 6.78. The zero-order valence-corrected chi connectivity index (χ0v) is 13.9. The highest BCUT2D eigenvalue weighted by atomic mass is 16.5. The Morgan fingerprint density at radius 1 is 1.48 bits per heavy atom. The molecule has 1 aliphatic rings. The molecule has 3 atom stereocenters. The Morgan fingerprint density at radius 3 is 2.90 bits per heavy atom. The Labute approximate surface area is 128 Å². The van der Waals surface area contributed by atoms with E-state index in [1.807, 2.05) is 12.5 Å². The van der Waals surface area contributed by atoms with Crippen molar-refractivity contribution in [3.05, 3.63) is 18.2 Å². The highest BCUT2D eigenvalue weighted by molar-refractivity contribution is 5.08. The van der Waals surface area contributed by atoms with Crippen molar-refractivity contribution in [2.75, 3.05) is 33.9 Å². The number of piperidine rings is 1. The Hall–Kier alpha value is -0.910. The van der Waals surface area contributed by atoms with Gasteiger partial charge in [-0.1, -0.05) is 6.92 Å². The lowest BCUT2D eigenvalue weighted by Gasteiger charge is -2.40. The molecule has 5 heteroatoms. The molecule has 0 amide bonds. The van der Waals surface area contributed by atoms with Crippen LogP contribution in [0.5, 0.6) is 0 Å². The lowest BCUT2D eigenvalue weighted by atomic mass is 9.87. The predicted octanol–water partition coefficient (Wildman–Crippen LogP) is 1.82. The monoisotopic (exact) mass is 294 g/mol. The van der Waals surface area contributed by atoms with Crippen LogP contribution in [0.3, 0.4) is 0 Å². The minimum absolute atomic E-state index is 0.453. The fourth-order valence-corrected chi connectivity index (χ4v) is 3.43. The molecule has 0 aromatic carbocycles. The molecule has 1 unspecified atom stereocenters. The molecule has 0 spiro atoms. The molecule has 5 nitrogen and oxygen atoms in total. The van der Waals surface area contributed by atoms with E-state index in [9.17, 15) is 0 Å². The Morgan fingerprint density at radius 2 is 2.29 bits per heavy atom. The third-order valence-electron chi connectivity index (χ3n) is 4.69. The molecule has 2 heterocycles. The largest absolute Gasteiger partial charge is 0.383 e. The zero-order chi connectivity index (χ0) is 15.2. The van der Waals surface area contributed by atoms with E-state index >= 15 is 0 Å². The van der Waals surface area contributed by atoms with E-state index in [2.05, 4.69) is 40.8 Å². The van der Waals surface area contributed by atoms with Crippen LogP contribution in [0.25, 0.3) is 0 Å². The van der Waals surface area contributed by atoms with Gasteiger partial charge in [-0.2, -0.15) is 0 Å². The van der Waals surface area contributed by atoms with E-state index < -0.39 is 0 Å². The predicted molar refractivity (Wildman–Crippen MR) is 85.3 cm³/mol. The first-order chi connectivity index (χ1) is 10.2. The first kappa shape index (κ1) is 16.5. The molecule has 0 bridgehead atoms. The summed E-state index contributed by atoms with van der Waals surface area (Å²) in [6, 6.07) is 0.910. The number of nitrogens with zero attached hydrogens (tertiary/aromatic N) is 3. The second-order valence-corrected chi connectivity index (χ2v) is 6.23. The van der Waals surface area contributed by atoms with Crippen LogP contribution in [0.1, 0.15) is 37.9 Å². The standard InChI is InChI=1S/C16H30N4O/c1-5-14(11-21-4)18-9-13-7-6-8-19(2)16(13)15-10-17-12-20(15)3/h10,12-14,16,18H,5-9,11H2,1-4H3/t13-,14?,16+/m0/s1. The number of nitrogens with one attached hydrogen (secondary N) is 1. The maximum Gasteiger partial charge on any atom is 0.0946 e. The summed E-state index contributed by atoms with van der Waals surface area (Å²) < 4.78 is 7.45. The number of aryl methyl sites for hydroxylation is 1. The van der Waals surface area contributed by atoms with Crippen molar-refractivity contribution in [3.8, 4) is 0 Å². The van der Waals surface area contributed by atoms with Gasteiger partial charge in [0.2, 0.25) is 0 Å². The Bertz CT molecular complexity index is 420. The minimum atomic E-state index is 0.453. The molecule has 1 aromatic heterocycles. The molecule has 0 aliphatic carbocycles. The number of ether oxygens (including phenoxy) is 1. The van der Waals surface area contributed by atoms with Crippen molar-refractivity contribution >= 4 is 0 Å². The van der Waals surface area contributed by atoms with Gasteiger partial charge in [0.25, 0.3) is 0 Å². The number of likely N-dealkylation sites (tertiary alicyclic amines) is 1. The van der Waals surface area contributed by atoms with E-state index in [-0.39, 0.29) is 0 Å². The number of imidazole rings is 1. The average Bonchev–Trinajstić information content (AvgIpc) is 2.89. The molecule has 1 aliphatic heterocycles. The quantitative estimate of drug-likeness (QED) is 0.833. The first-order valence-electron chi connectivity index (χ1n) is 8.06. The van der Waals surface area contributed by atoms with Gasteiger partial charge in [-0.05, 0) is 38.8 Å². The summed E-state index contributed by atoms with van der Waals surface area (Å²) in [5.41, 5.74) is 1.32. The SMILES string of the molecule is CCC(COC)NC[C@@H]1CCCN(C)[C@H]1c1cncn1C. The van der Waals surface area contributed by atoms with Crippen LogP contribution in [0, 0.1) is 5.92 Å². The molecule has 1 fully saturated rings. The maximum absolute atomic E-state index is 5.29. The smallest absolute Gasteiger partial charge is 0.0946 e. The number of hydrogen-bond donors (Lipinski definition) is 1. The normalized spacial score (nSPS) is 25.1. The van der Waals surface area contributed by atoms with Crippen molar-refractivity contribution in [2.24, 2.45) is 13.0 Å². The van der Waals surface area contributed by atoms with Gasteiger partial charge in [0.15, 0.2) is 0 Å². The van der Waals surface area contributed by atoms with Gasteiger partial charge in [-0.15, -0.1) is 0 Å². The minimum Gasteiger partial charge on any atom is -0.383 e. The molecule has 1 saturated heterocycles. The highest BCUT2D eigenvalue weighted by Crippen LogP contribution is 2.34. The van der Waals surface area contributed by atoms with Crippen LogP contribution in [0.4, 0.5) is 0 Å². The third-order valence-corrected chi connectivity index (χ3v) is 4.69. The topological polar surface area (TPSA) is 42.3 Å². The van der Waals surface area contributed by atoms with Gasteiger partial charge in [0, 0.05) is 32.9 Å². The molecular formula is C16H30N4O. The van der Waals surface area contributed by atoms with Crippen LogP contribution >= 0.6 is 0 Å². The van der Waals surface area contributed by atoms with E-state index in [0.29, 0.717) is 18.0 Å². The van der Waals surface area contributed by atoms with Gasteiger partial charge >= 0.3 is 0 Å². The fraction of sp³-hybridized carbons (Fsp3) is 0.812. The summed E-state index contributed by atoms with van der Waals surface area (Å²) in [6.07, 6.45) is 7.58. The Kier molecular flexibility index (Phi) is 6.21. The van der Waals surface area contributed by atoms with Crippen LogP contribution in [0.15, 0.2) is 12.5 Å². The third kappa shape index (κ3) is 4.05. The highest BCUT2D eigenvalue weighted by Gasteiger charge is 2.32. The molecule has 1 aromatic rings. The van der Waals surface area contributed by atoms with Crippen LogP contribution in [-0.4, -0.2) is 54.3 Å². The van der Waals surface area contributed by atoms with Crippen molar-refractivity contribution in [1.82, 2.24) is 19.8 Å². The summed E-state index contributed by atoms with van der Waals surface area (Å²) in [7, 11) is 6.10. The van der Waals surface area contributed by atoms with Crippen LogP contribution in [0.2, 0.25) is 0 Å². The number of hydrogen-bond acceptors (Lipinski definition) is 4. The molecule has 1 N–H and O–H groups in total. The molecule has 120 valence electrons. The Balaban J connectivity index is 2.03. The molecule has 0 radical (unpaired) electrons. The summed E-state index contributed by atoms with van der Waals surface area (Å²) in [5.74, 6) is 0.630. The zero-order valence-electron chi connectivity index (χ0n) is 13.9. The van der Waals surface area contributed by atoms with Gasteiger partial charge < -0.3 is 14.6 Å². The second-order valence-electron chi connectivity index (χ2n) is 6.23. The van der Waals surface area contributed by atoms with Gasteiger partial charge in [-0.3, -0.25) is 4.90 Å². The van der Waals surface area contributed by atoms with Crippen LogP contribution in [-0.2, 0) is 11.8 Å². The summed E-state index contributed by atoms with van der Waals surface area (Å²) >= 11 is 0. The number of rotatable bonds is 7. The van der Waals surface area contributed by atoms with E-state index in [1.165, 1.54) is 25.1 Å². The molecule has 2 rings (SSSR count). The summed E-state index contributed by atoms with van der Waals surface area (Å²) in [5, 5.41) is 3.69.